The zero-order valence-corrected chi connectivity index (χ0v) is 14.4. The fourth-order valence-corrected chi connectivity index (χ4v) is 2.84. The number of hydrogen-bond donors (Lipinski definition) is 2. The molecule has 2 N–H and O–H groups in total. The predicted molar refractivity (Wildman–Crippen MR) is 92.3 cm³/mol. The molecule has 4 heteroatoms. The first-order valence-electron chi connectivity index (χ1n) is 8.18. The smallest absolute Gasteiger partial charge is 0.224 e. The molecule has 4 nitrogen and oxygen atoms in total. The minimum absolute atomic E-state index is 0.0653. The van der Waals surface area contributed by atoms with E-state index in [2.05, 4.69) is 36.2 Å². The van der Waals surface area contributed by atoms with Crippen LogP contribution in [0.2, 0.25) is 0 Å². The Labute approximate surface area is 134 Å². The average Bonchev–Trinajstić information content (AvgIpc) is 2.43. The van der Waals surface area contributed by atoms with Crippen LogP contribution in [0.4, 0.5) is 5.69 Å². The van der Waals surface area contributed by atoms with Crippen molar-refractivity contribution in [3.8, 4) is 0 Å². The number of anilines is 1. The summed E-state index contributed by atoms with van der Waals surface area (Å²) in [5, 5.41) is 12.1. The predicted octanol–water partition coefficient (Wildman–Crippen LogP) is 3.03. The molecule has 0 aliphatic rings. The van der Waals surface area contributed by atoms with Gasteiger partial charge in [-0.05, 0) is 57.8 Å². The molecule has 22 heavy (non-hydrogen) atoms. The summed E-state index contributed by atoms with van der Waals surface area (Å²) in [4.78, 5) is 14.3. The highest BCUT2D eigenvalue weighted by Gasteiger charge is 2.09. The maximum atomic E-state index is 12.1. The number of nitrogens with one attached hydrogen (secondary N) is 1. The SMILES string of the molecule is CCCN(CCO)CCCC(=O)Nc1c(C)cc(C)cc1C. The van der Waals surface area contributed by atoms with E-state index in [-0.39, 0.29) is 12.5 Å². The van der Waals surface area contributed by atoms with Gasteiger partial charge in [0, 0.05) is 18.7 Å². The van der Waals surface area contributed by atoms with Gasteiger partial charge in [-0.25, -0.2) is 0 Å². The van der Waals surface area contributed by atoms with Gasteiger partial charge in [0.1, 0.15) is 0 Å². The summed E-state index contributed by atoms with van der Waals surface area (Å²) < 4.78 is 0. The van der Waals surface area contributed by atoms with Gasteiger partial charge >= 0.3 is 0 Å². The van der Waals surface area contributed by atoms with E-state index in [1.54, 1.807) is 0 Å². The molecule has 1 amide bonds. The van der Waals surface area contributed by atoms with Crippen molar-refractivity contribution in [2.45, 2.75) is 47.0 Å². The molecule has 0 fully saturated rings. The first-order chi connectivity index (χ1) is 10.5. The van der Waals surface area contributed by atoms with Crippen LogP contribution in [0.5, 0.6) is 0 Å². The summed E-state index contributed by atoms with van der Waals surface area (Å²) in [5.41, 5.74) is 4.38. The summed E-state index contributed by atoms with van der Waals surface area (Å²) in [7, 11) is 0. The van der Waals surface area contributed by atoms with Crippen molar-refractivity contribution in [3.63, 3.8) is 0 Å². The van der Waals surface area contributed by atoms with E-state index in [1.807, 2.05) is 13.8 Å². The Morgan fingerprint density at radius 1 is 1.14 bits per heavy atom. The molecular weight excluding hydrogens is 276 g/mol. The van der Waals surface area contributed by atoms with Crippen molar-refractivity contribution >= 4 is 11.6 Å². The molecule has 1 aromatic rings. The third-order valence-corrected chi connectivity index (χ3v) is 3.78. The number of rotatable bonds is 9. The van der Waals surface area contributed by atoms with E-state index >= 15 is 0 Å². The van der Waals surface area contributed by atoms with E-state index in [9.17, 15) is 4.79 Å². The van der Waals surface area contributed by atoms with E-state index in [4.69, 9.17) is 5.11 Å². The lowest BCUT2D eigenvalue weighted by atomic mass is 10.0. The molecular formula is C18H30N2O2. The zero-order valence-electron chi connectivity index (χ0n) is 14.4. The fraction of sp³-hybridized carbons (Fsp3) is 0.611. The molecule has 1 rings (SSSR count). The molecule has 0 spiro atoms. The van der Waals surface area contributed by atoms with Crippen molar-refractivity contribution in [2.24, 2.45) is 0 Å². The van der Waals surface area contributed by atoms with Crippen LogP contribution < -0.4 is 5.32 Å². The second-order valence-electron chi connectivity index (χ2n) is 5.99. The molecule has 0 radical (unpaired) electrons. The first kappa shape index (κ1) is 18.7. The van der Waals surface area contributed by atoms with E-state index < -0.39 is 0 Å². The Morgan fingerprint density at radius 3 is 2.32 bits per heavy atom. The van der Waals surface area contributed by atoms with Gasteiger partial charge in [-0.15, -0.1) is 0 Å². The maximum Gasteiger partial charge on any atom is 0.224 e. The Morgan fingerprint density at radius 2 is 1.77 bits per heavy atom. The monoisotopic (exact) mass is 306 g/mol. The average molecular weight is 306 g/mol. The number of aliphatic hydroxyl groups excluding tert-OH is 1. The minimum Gasteiger partial charge on any atom is -0.395 e. The van der Waals surface area contributed by atoms with Crippen LogP contribution in [-0.4, -0.2) is 42.2 Å². The Kier molecular flexibility index (Phi) is 8.13. The Bertz CT molecular complexity index is 457. The summed E-state index contributed by atoms with van der Waals surface area (Å²) in [6.07, 6.45) is 2.39. The van der Waals surface area contributed by atoms with Gasteiger partial charge in [0.15, 0.2) is 0 Å². The number of amides is 1. The van der Waals surface area contributed by atoms with E-state index in [0.717, 1.165) is 42.7 Å². The fourth-order valence-electron chi connectivity index (χ4n) is 2.84. The number of hydrogen-bond acceptors (Lipinski definition) is 3. The molecule has 124 valence electrons. The zero-order chi connectivity index (χ0) is 16.5. The highest BCUT2D eigenvalue weighted by Crippen LogP contribution is 2.22. The lowest BCUT2D eigenvalue weighted by molar-refractivity contribution is -0.116. The molecule has 0 aliphatic heterocycles. The van der Waals surface area contributed by atoms with Gasteiger partial charge in [0.25, 0.3) is 0 Å². The van der Waals surface area contributed by atoms with Crippen molar-refractivity contribution in [1.29, 1.82) is 0 Å². The molecule has 0 saturated carbocycles. The van der Waals surface area contributed by atoms with Gasteiger partial charge in [-0.2, -0.15) is 0 Å². The topological polar surface area (TPSA) is 52.6 Å². The molecule has 1 aromatic carbocycles. The number of aliphatic hydroxyl groups is 1. The molecule has 0 aromatic heterocycles. The Balaban J connectivity index is 2.47. The summed E-state index contributed by atoms with van der Waals surface area (Å²) in [6.45, 7) is 10.9. The van der Waals surface area contributed by atoms with Gasteiger partial charge in [-0.3, -0.25) is 4.79 Å². The van der Waals surface area contributed by atoms with E-state index in [0.29, 0.717) is 13.0 Å². The van der Waals surface area contributed by atoms with Crippen LogP contribution in [0.3, 0.4) is 0 Å². The second kappa shape index (κ2) is 9.59. The summed E-state index contributed by atoms with van der Waals surface area (Å²) in [6, 6.07) is 4.18. The van der Waals surface area contributed by atoms with Crippen molar-refractivity contribution in [3.05, 3.63) is 28.8 Å². The number of carbonyl (C=O) groups is 1. The number of benzene rings is 1. The van der Waals surface area contributed by atoms with Crippen molar-refractivity contribution < 1.29 is 9.90 Å². The maximum absolute atomic E-state index is 12.1. The highest BCUT2D eigenvalue weighted by molar-refractivity contribution is 5.92. The normalized spacial score (nSPS) is 11.0. The standard InChI is InChI=1S/C18H30N2O2/c1-5-8-20(10-11-21)9-6-7-17(22)19-18-15(3)12-14(2)13-16(18)4/h12-13,21H,5-11H2,1-4H3,(H,19,22). The van der Waals surface area contributed by atoms with Gasteiger partial charge in [0.05, 0.1) is 6.61 Å². The lowest BCUT2D eigenvalue weighted by Crippen LogP contribution is -2.29. The summed E-state index contributed by atoms with van der Waals surface area (Å²) in [5.74, 6) is 0.0653. The quantitative estimate of drug-likeness (QED) is 0.737. The second-order valence-corrected chi connectivity index (χ2v) is 5.99. The minimum atomic E-state index is 0.0653. The molecule has 0 unspecified atom stereocenters. The third-order valence-electron chi connectivity index (χ3n) is 3.78. The lowest BCUT2D eigenvalue weighted by Gasteiger charge is -2.20. The number of carbonyl (C=O) groups excluding carboxylic acids is 1. The van der Waals surface area contributed by atoms with Gasteiger partial charge < -0.3 is 15.3 Å². The molecule has 0 heterocycles. The molecule has 0 bridgehead atoms. The van der Waals surface area contributed by atoms with Crippen LogP contribution >= 0.6 is 0 Å². The summed E-state index contributed by atoms with van der Waals surface area (Å²) >= 11 is 0. The molecule has 0 atom stereocenters. The van der Waals surface area contributed by atoms with Crippen LogP contribution in [-0.2, 0) is 4.79 Å². The van der Waals surface area contributed by atoms with Gasteiger partial charge in [0.2, 0.25) is 5.91 Å². The van der Waals surface area contributed by atoms with Crippen LogP contribution in [0.25, 0.3) is 0 Å². The first-order valence-corrected chi connectivity index (χ1v) is 8.18. The molecule has 0 saturated heterocycles. The highest BCUT2D eigenvalue weighted by atomic mass is 16.3. The number of nitrogens with zero attached hydrogens (tertiary/aromatic N) is 1. The van der Waals surface area contributed by atoms with Crippen LogP contribution in [0.1, 0.15) is 42.9 Å². The largest absolute Gasteiger partial charge is 0.395 e. The van der Waals surface area contributed by atoms with Crippen LogP contribution in [0, 0.1) is 20.8 Å². The van der Waals surface area contributed by atoms with Crippen LogP contribution in [0.15, 0.2) is 12.1 Å². The van der Waals surface area contributed by atoms with Crippen molar-refractivity contribution in [2.75, 3.05) is 31.6 Å². The molecule has 0 aliphatic carbocycles. The Hall–Kier alpha value is -1.39. The number of aryl methyl sites for hydroxylation is 3. The third kappa shape index (κ3) is 6.16. The van der Waals surface area contributed by atoms with Gasteiger partial charge in [-0.1, -0.05) is 24.6 Å². The van der Waals surface area contributed by atoms with E-state index in [1.165, 1.54) is 5.56 Å². The van der Waals surface area contributed by atoms with Crippen molar-refractivity contribution in [1.82, 2.24) is 4.90 Å².